The number of pyridine rings is 3. The van der Waals surface area contributed by atoms with E-state index in [1.54, 1.807) is 30.5 Å². The first-order chi connectivity index (χ1) is 18.0. The van der Waals surface area contributed by atoms with Gasteiger partial charge in [-0.1, -0.05) is 6.07 Å². The lowest BCUT2D eigenvalue weighted by atomic mass is 10.1. The number of anilines is 1. The quantitative estimate of drug-likeness (QED) is 0.398. The van der Waals surface area contributed by atoms with Crippen LogP contribution in [-0.2, 0) is 11.3 Å². The van der Waals surface area contributed by atoms with E-state index in [9.17, 15) is 4.79 Å². The molecule has 0 bridgehead atoms. The number of fused-ring (bicyclic) bond motifs is 1. The van der Waals surface area contributed by atoms with Gasteiger partial charge in [0.25, 0.3) is 5.91 Å². The van der Waals surface area contributed by atoms with Crippen molar-refractivity contribution in [2.45, 2.75) is 39.5 Å². The molecule has 4 heterocycles. The van der Waals surface area contributed by atoms with Crippen LogP contribution in [0, 0.1) is 0 Å². The van der Waals surface area contributed by atoms with Gasteiger partial charge in [0, 0.05) is 30.2 Å². The zero-order valence-corrected chi connectivity index (χ0v) is 21.3. The molecule has 1 amide bonds. The second kappa shape index (κ2) is 10.9. The van der Waals surface area contributed by atoms with Crippen LogP contribution in [0.4, 0.5) is 5.82 Å². The standard InChI is InChI=1S/C29H31N5O3/c1-4-36-24-11-8-21(9-12-24)29(35)31-16-23-14-27-22(15-30-23)10-13-26(32-27)25-6-5-7-28(33-25)34-17-19(2)37-20(3)18-34/h5-15,19-20H,4,16-18H2,1-3H3,(H,31,35)/t19-,20+. The predicted octanol–water partition coefficient (Wildman–Crippen LogP) is 4.63. The number of hydrogen-bond acceptors (Lipinski definition) is 7. The van der Waals surface area contributed by atoms with Gasteiger partial charge in [0.2, 0.25) is 0 Å². The summed E-state index contributed by atoms with van der Waals surface area (Å²) in [6, 6.07) is 19.0. The van der Waals surface area contributed by atoms with Crippen LogP contribution >= 0.6 is 0 Å². The number of morpholine rings is 1. The molecule has 1 fully saturated rings. The van der Waals surface area contributed by atoms with Gasteiger partial charge in [0.05, 0.1) is 48.0 Å². The minimum Gasteiger partial charge on any atom is -0.494 e. The second-order valence-electron chi connectivity index (χ2n) is 9.25. The zero-order valence-electron chi connectivity index (χ0n) is 21.3. The summed E-state index contributed by atoms with van der Waals surface area (Å²) in [4.78, 5) is 29.1. The van der Waals surface area contributed by atoms with E-state index in [4.69, 9.17) is 19.4 Å². The summed E-state index contributed by atoms with van der Waals surface area (Å²) in [5.41, 5.74) is 3.71. The number of nitrogens with one attached hydrogen (secondary N) is 1. The molecule has 8 heteroatoms. The van der Waals surface area contributed by atoms with Crippen molar-refractivity contribution in [3.8, 4) is 17.1 Å². The maximum atomic E-state index is 12.6. The zero-order chi connectivity index (χ0) is 25.8. The summed E-state index contributed by atoms with van der Waals surface area (Å²) in [5.74, 6) is 1.50. The molecule has 0 aliphatic carbocycles. The number of amides is 1. The van der Waals surface area contributed by atoms with Crippen molar-refractivity contribution < 1.29 is 14.3 Å². The lowest BCUT2D eigenvalue weighted by Crippen LogP contribution is -2.45. The Hall–Kier alpha value is -4.04. The smallest absolute Gasteiger partial charge is 0.251 e. The summed E-state index contributed by atoms with van der Waals surface area (Å²) in [6.45, 7) is 8.60. The van der Waals surface area contributed by atoms with Crippen molar-refractivity contribution in [1.29, 1.82) is 0 Å². The maximum absolute atomic E-state index is 12.6. The van der Waals surface area contributed by atoms with Gasteiger partial charge in [-0.05, 0) is 75.4 Å². The molecule has 37 heavy (non-hydrogen) atoms. The van der Waals surface area contributed by atoms with Crippen LogP contribution in [0.2, 0.25) is 0 Å². The van der Waals surface area contributed by atoms with Gasteiger partial charge in [-0.15, -0.1) is 0 Å². The molecule has 2 atom stereocenters. The van der Waals surface area contributed by atoms with Crippen LogP contribution in [0.3, 0.4) is 0 Å². The minimum atomic E-state index is -0.167. The molecule has 4 aromatic rings. The molecule has 0 unspecified atom stereocenters. The average molecular weight is 498 g/mol. The fourth-order valence-corrected chi connectivity index (χ4v) is 4.55. The van der Waals surface area contributed by atoms with Crippen molar-refractivity contribution in [2.75, 3.05) is 24.6 Å². The number of carbonyl (C=O) groups excluding carboxylic acids is 1. The Morgan fingerprint density at radius 3 is 2.54 bits per heavy atom. The first-order valence-electron chi connectivity index (χ1n) is 12.6. The van der Waals surface area contributed by atoms with Crippen molar-refractivity contribution in [3.05, 3.63) is 78.1 Å². The van der Waals surface area contributed by atoms with Crippen LogP contribution in [0.15, 0.2) is 66.9 Å². The van der Waals surface area contributed by atoms with Gasteiger partial charge in [0.15, 0.2) is 0 Å². The maximum Gasteiger partial charge on any atom is 0.251 e. The highest BCUT2D eigenvalue weighted by Crippen LogP contribution is 2.24. The first-order valence-corrected chi connectivity index (χ1v) is 12.6. The monoisotopic (exact) mass is 497 g/mol. The second-order valence-corrected chi connectivity index (χ2v) is 9.25. The summed E-state index contributed by atoms with van der Waals surface area (Å²) in [5, 5.41) is 3.86. The summed E-state index contributed by atoms with van der Waals surface area (Å²) >= 11 is 0. The topological polar surface area (TPSA) is 89.5 Å². The summed E-state index contributed by atoms with van der Waals surface area (Å²) in [6.07, 6.45) is 2.10. The molecule has 1 aromatic carbocycles. The molecule has 1 N–H and O–H groups in total. The number of carbonyl (C=O) groups is 1. The molecule has 1 saturated heterocycles. The van der Waals surface area contributed by atoms with E-state index >= 15 is 0 Å². The number of aromatic nitrogens is 3. The molecule has 1 aliphatic rings. The summed E-state index contributed by atoms with van der Waals surface area (Å²) in [7, 11) is 0. The van der Waals surface area contributed by atoms with Gasteiger partial charge in [-0.25, -0.2) is 9.97 Å². The fourth-order valence-electron chi connectivity index (χ4n) is 4.55. The Morgan fingerprint density at radius 1 is 1.03 bits per heavy atom. The lowest BCUT2D eigenvalue weighted by Gasteiger charge is -2.36. The van der Waals surface area contributed by atoms with Crippen LogP contribution < -0.4 is 15.0 Å². The van der Waals surface area contributed by atoms with E-state index < -0.39 is 0 Å². The minimum absolute atomic E-state index is 0.161. The molecule has 190 valence electrons. The predicted molar refractivity (Wildman–Crippen MR) is 144 cm³/mol. The van der Waals surface area contributed by atoms with Crippen LogP contribution in [-0.4, -0.2) is 52.8 Å². The number of ether oxygens (including phenoxy) is 2. The van der Waals surface area contributed by atoms with Gasteiger partial charge in [0.1, 0.15) is 11.6 Å². The number of benzene rings is 1. The van der Waals surface area contributed by atoms with E-state index in [1.165, 1.54) is 0 Å². The number of rotatable bonds is 7. The van der Waals surface area contributed by atoms with Crippen molar-refractivity contribution >= 4 is 22.6 Å². The molecule has 3 aromatic heterocycles. The Morgan fingerprint density at radius 2 is 1.78 bits per heavy atom. The van der Waals surface area contributed by atoms with E-state index in [0.717, 1.165) is 52.6 Å². The SMILES string of the molecule is CCOc1ccc(C(=O)NCc2cc3nc(-c4cccc(N5C[C@@H](C)O[C@@H](C)C5)n4)ccc3cn2)cc1. The highest BCUT2D eigenvalue weighted by Gasteiger charge is 2.23. The normalized spacial score (nSPS) is 17.5. The van der Waals surface area contributed by atoms with Gasteiger partial charge in [-0.2, -0.15) is 0 Å². The molecular weight excluding hydrogens is 466 g/mol. The third-order valence-corrected chi connectivity index (χ3v) is 6.23. The molecule has 0 spiro atoms. The van der Waals surface area contributed by atoms with Crippen LogP contribution in [0.5, 0.6) is 5.75 Å². The van der Waals surface area contributed by atoms with E-state index in [-0.39, 0.29) is 18.1 Å². The van der Waals surface area contributed by atoms with Crippen molar-refractivity contribution in [2.24, 2.45) is 0 Å². The Balaban J connectivity index is 1.31. The van der Waals surface area contributed by atoms with Crippen molar-refractivity contribution in [1.82, 2.24) is 20.3 Å². The van der Waals surface area contributed by atoms with Crippen LogP contribution in [0.25, 0.3) is 22.3 Å². The molecule has 0 radical (unpaired) electrons. The third kappa shape index (κ3) is 5.86. The average Bonchev–Trinajstić information content (AvgIpc) is 2.91. The van der Waals surface area contributed by atoms with E-state index in [0.29, 0.717) is 18.7 Å². The van der Waals surface area contributed by atoms with E-state index in [2.05, 4.69) is 29.0 Å². The third-order valence-electron chi connectivity index (χ3n) is 6.23. The summed E-state index contributed by atoms with van der Waals surface area (Å²) < 4.78 is 11.3. The van der Waals surface area contributed by atoms with Crippen LogP contribution in [0.1, 0.15) is 36.8 Å². The Bertz CT molecular complexity index is 1380. The highest BCUT2D eigenvalue weighted by molar-refractivity contribution is 5.94. The van der Waals surface area contributed by atoms with E-state index in [1.807, 2.05) is 43.3 Å². The van der Waals surface area contributed by atoms with Gasteiger partial charge >= 0.3 is 0 Å². The molecular formula is C29H31N5O3. The molecule has 1 aliphatic heterocycles. The number of nitrogens with zero attached hydrogens (tertiary/aromatic N) is 4. The molecule has 5 rings (SSSR count). The first kappa shape index (κ1) is 24.6. The van der Waals surface area contributed by atoms with Gasteiger partial charge in [-0.3, -0.25) is 9.78 Å². The Labute approximate surface area is 216 Å². The largest absolute Gasteiger partial charge is 0.494 e. The van der Waals surface area contributed by atoms with Crippen molar-refractivity contribution in [3.63, 3.8) is 0 Å². The number of hydrogen-bond donors (Lipinski definition) is 1. The fraction of sp³-hybridized carbons (Fsp3) is 0.310. The Kier molecular flexibility index (Phi) is 7.28. The molecule has 0 saturated carbocycles. The lowest BCUT2D eigenvalue weighted by molar-refractivity contribution is -0.00545. The highest BCUT2D eigenvalue weighted by atomic mass is 16.5. The molecule has 8 nitrogen and oxygen atoms in total. The van der Waals surface area contributed by atoms with Gasteiger partial charge < -0.3 is 19.7 Å².